The van der Waals surface area contributed by atoms with Crippen LogP contribution in [0.1, 0.15) is 36.9 Å². The van der Waals surface area contributed by atoms with Crippen molar-refractivity contribution in [3.63, 3.8) is 0 Å². The van der Waals surface area contributed by atoms with Gasteiger partial charge in [-0.2, -0.15) is 0 Å². The van der Waals surface area contributed by atoms with Gasteiger partial charge >= 0.3 is 0 Å². The maximum Gasteiger partial charge on any atom is 0.127 e. The van der Waals surface area contributed by atoms with Crippen LogP contribution in [-0.2, 0) is 11.2 Å². The Balaban J connectivity index is 2.24. The molecule has 1 aliphatic heterocycles. The highest BCUT2D eigenvalue weighted by molar-refractivity contribution is 5.44. The zero-order valence-corrected chi connectivity index (χ0v) is 11.5. The lowest BCUT2D eigenvalue weighted by molar-refractivity contribution is 0.101. The van der Waals surface area contributed by atoms with Gasteiger partial charge in [-0.15, -0.1) is 0 Å². The molecular formula is C15H23NO2. The summed E-state index contributed by atoms with van der Waals surface area (Å²) in [5.74, 6) is 1.09. The zero-order valence-electron chi connectivity index (χ0n) is 11.5. The van der Waals surface area contributed by atoms with E-state index in [0.717, 1.165) is 31.6 Å². The zero-order chi connectivity index (χ0) is 13.0. The van der Waals surface area contributed by atoms with Crippen molar-refractivity contribution >= 4 is 0 Å². The van der Waals surface area contributed by atoms with Crippen molar-refractivity contribution in [3.05, 3.63) is 29.3 Å². The Bertz CT molecular complexity index is 392. The highest BCUT2D eigenvalue weighted by Gasteiger charge is 2.21. The quantitative estimate of drug-likeness (QED) is 0.870. The summed E-state index contributed by atoms with van der Waals surface area (Å²) in [4.78, 5) is 0. The van der Waals surface area contributed by atoms with Crippen LogP contribution in [0.25, 0.3) is 0 Å². The third kappa shape index (κ3) is 2.85. The molecule has 100 valence electrons. The third-order valence-electron chi connectivity index (χ3n) is 3.66. The van der Waals surface area contributed by atoms with Crippen molar-refractivity contribution < 1.29 is 9.47 Å². The minimum Gasteiger partial charge on any atom is -0.493 e. The molecule has 0 aliphatic carbocycles. The van der Waals surface area contributed by atoms with Crippen LogP contribution >= 0.6 is 0 Å². The van der Waals surface area contributed by atoms with Crippen LogP contribution in [0, 0.1) is 0 Å². The number of benzene rings is 1. The Kier molecular flexibility index (Phi) is 4.61. The van der Waals surface area contributed by atoms with Gasteiger partial charge in [0.25, 0.3) is 0 Å². The fraction of sp³-hybridized carbons (Fsp3) is 0.600. The van der Waals surface area contributed by atoms with Gasteiger partial charge in [0.2, 0.25) is 0 Å². The minimum absolute atomic E-state index is 0.238. The van der Waals surface area contributed by atoms with Crippen molar-refractivity contribution in [3.8, 4) is 5.75 Å². The van der Waals surface area contributed by atoms with Gasteiger partial charge in [0, 0.05) is 18.7 Å². The average Bonchev–Trinajstić information content (AvgIpc) is 2.44. The number of hydrogen-bond acceptors (Lipinski definition) is 3. The molecule has 2 rings (SSSR count). The molecule has 3 nitrogen and oxygen atoms in total. The van der Waals surface area contributed by atoms with E-state index in [2.05, 4.69) is 30.4 Å². The topological polar surface area (TPSA) is 30.5 Å². The normalized spacial score (nSPS) is 17.7. The van der Waals surface area contributed by atoms with Crippen LogP contribution in [0.2, 0.25) is 0 Å². The number of hydrogen-bond donors (Lipinski definition) is 1. The lowest BCUT2D eigenvalue weighted by Crippen LogP contribution is -2.23. The maximum absolute atomic E-state index is 5.87. The summed E-state index contributed by atoms with van der Waals surface area (Å²) in [5.41, 5.74) is 2.60. The number of fused-ring (bicyclic) bond motifs is 1. The second-order valence-electron chi connectivity index (χ2n) is 4.91. The van der Waals surface area contributed by atoms with Crippen LogP contribution < -0.4 is 10.1 Å². The monoisotopic (exact) mass is 249 g/mol. The van der Waals surface area contributed by atoms with Crippen molar-refractivity contribution in [1.82, 2.24) is 5.32 Å². The predicted molar refractivity (Wildman–Crippen MR) is 73.1 cm³/mol. The number of nitrogens with one attached hydrogen (secondary N) is 1. The van der Waals surface area contributed by atoms with Crippen molar-refractivity contribution in [1.29, 1.82) is 0 Å². The Morgan fingerprint density at radius 3 is 3.00 bits per heavy atom. The molecule has 1 aromatic rings. The molecule has 1 aliphatic rings. The molecule has 2 unspecified atom stereocenters. The number of para-hydroxylation sites is 1. The van der Waals surface area contributed by atoms with Crippen LogP contribution in [0.4, 0.5) is 0 Å². The summed E-state index contributed by atoms with van der Waals surface area (Å²) in [7, 11) is 3.75. The van der Waals surface area contributed by atoms with E-state index in [0.29, 0.717) is 0 Å². The summed E-state index contributed by atoms with van der Waals surface area (Å²) >= 11 is 0. The highest BCUT2D eigenvalue weighted by atomic mass is 16.5. The van der Waals surface area contributed by atoms with Crippen LogP contribution in [0.5, 0.6) is 5.75 Å². The van der Waals surface area contributed by atoms with E-state index in [1.807, 2.05) is 7.05 Å². The lowest BCUT2D eigenvalue weighted by atomic mass is 9.95. The second kappa shape index (κ2) is 6.21. The fourth-order valence-electron chi connectivity index (χ4n) is 2.52. The number of ether oxygens (including phenoxy) is 2. The van der Waals surface area contributed by atoms with Crippen molar-refractivity contribution in [2.45, 2.75) is 38.3 Å². The van der Waals surface area contributed by atoms with Gasteiger partial charge in [0.15, 0.2) is 0 Å². The summed E-state index contributed by atoms with van der Waals surface area (Å²) < 4.78 is 11.2. The maximum atomic E-state index is 5.87. The summed E-state index contributed by atoms with van der Waals surface area (Å²) in [6, 6.07) is 6.75. The Morgan fingerprint density at radius 1 is 1.44 bits per heavy atom. The summed E-state index contributed by atoms with van der Waals surface area (Å²) in [6.07, 6.45) is 3.43. The Hall–Kier alpha value is -1.06. The molecule has 0 bridgehead atoms. The number of aryl methyl sites for hydroxylation is 1. The lowest BCUT2D eigenvalue weighted by Gasteiger charge is -2.26. The van der Waals surface area contributed by atoms with E-state index in [4.69, 9.17) is 9.47 Å². The molecule has 0 aromatic heterocycles. The summed E-state index contributed by atoms with van der Waals surface area (Å²) in [6.45, 7) is 2.93. The van der Waals surface area contributed by atoms with Gasteiger partial charge in [-0.05, 0) is 38.8 Å². The van der Waals surface area contributed by atoms with Crippen LogP contribution in [-0.4, -0.2) is 26.9 Å². The van der Waals surface area contributed by atoms with Crippen molar-refractivity contribution in [2.24, 2.45) is 0 Å². The van der Waals surface area contributed by atoms with Gasteiger partial charge in [0.1, 0.15) is 5.75 Å². The van der Waals surface area contributed by atoms with E-state index in [1.165, 1.54) is 11.1 Å². The van der Waals surface area contributed by atoms with E-state index in [1.54, 1.807) is 7.11 Å². The van der Waals surface area contributed by atoms with E-state index >= 15 is 0 Å². The molecule has 0 saturated carbocycles. The van der Waals surface area contributed by atoms with E-state index < -0.39 is 0 Å². The fourth-order valence-corrected chi connectivity index (χ4v) is 2.52. The van der Waals surface area contributed by atoms with Gasteiger partial charge < -0.3 is 14.8 Å². The molecule has 1 N–H and O–H groups in total. The van der Waals surface area contributed by atoms with Gasteiger partial charge in [0.05, 0.1) is 12.7 Å². The largest absolute Gasteiger partial charge is 0.493 e. The molecule has 0 fully saturated rings. The van der Waals surface area contributed by atoms with E-state index in [9.17, 15) is 0 Å². The SMILES string of the molecule is CNC(CC(C)OC)c1cccc2c1OCCC2. The first-order chi connectivity index (χ1) is 8.76. The minimum atomic E-state index is 0.238. The van der Waals surface area contributed by atoms with Gasteiger partial charge in [-0.1, -0.05) is 18.2 Å². The standard InChI is InChI=1S/C15H23NO2/c1-11(17-3)10-14(16-2)13-8-4-6-12-7-5-9-18-15(12)13/h4,6,8,11,14,16H,5,7,9-10H2,1-3H3. The molecule has 1 aromatic carbocycles. The first-order valence-corrected chi connectivity index (χ1v) is 6.71. The van der Waals surface area contributed by atoms with E-state index in [-0.39, 0.29) is 12.1 Å². The molecule has 2 atom stereocenters. The van der Waals surface area contributed by atoms with Crippen molar-refractivity contribution in [2.75, 3.05) is 20.8 Å². The molecule has 0 saturated heterocycles. The number of methoxy groups -OCH3 is 1. The molecule has 3 heteroatoms. The molecule has 18 heavy (non-hydrogen) atoms. The Morgan fingerprint density at radius 2 is 2.28 bits per heavy atom. The highest BCUT2D eigenvalue weighted by Crippen LogP contribution is 2.34. The molecule has 0 spiro atoms. The second-order valence-corrected chi connectivity index (χ2v) is 4.91. The Labute approximate surface area is 109 Å². The van der Waals surface area contributed by atoms with Crippen LogP contribution in [0.3, 0.4) is 0 Å². The first-order valence-electron chi connectivity index (χ1n) is 6.71. The summed E-state index contributed by atoms with van der Waals surface area (Å²) in [5, 5.41) is 3.37. The smallest absolute Gasteiger partial charge is 0.127 e. The van der Waals surface area contributed by atoms with Gasteiger partial charge in [-0.3, -0.25) is 0 Å². The average molecular weight is 249 g/mol. The van der Waals surface area contributed by atoms with Gasteiger partial charge in [-0.25, -0.2) is 0 Å². The first kappa shape index (κ1) is 13.4. The molecular weight excluding hydrogens is 226 g/mol. The molecule has 0 amide bonds. The predicted octanol–water partition coefficient (Wildman–Crippen LogP) is 2.70. The number of rotatable bonds is 5. The molecule has 1 heterocycles. The van der Waals surface area contributed by atoms with Crippen LogP contribution in [0.15, 0.2) is 18.2 Å². The third-order valence-corrected chi connectivity index (χ3v) is 3.66. The molecule has 0 radical (unpaired) electrons.